The molecule has 2 amide bonds. The van der Waals surface area contributed by atoms with E-state index in [1.807, 2.05) is 12.1 Å². The van der Waals surface area contributed by atoms with E-state index in [-0.39, 0.29) is 16.5 Å². The minimum Gasteiger partial charge on any atom is -0.496 e. The van der Waals surface area contributed by atoms with Gasteiger partial charge in [0.15, 0.2) is 0 Å². The van der Waals surface area contributed by atoms with Crippen molar-refractivity contribution >= 4 is 38.6 Å². The van der Waals surface area contributed by atoms with Crippen LogP contribution in [0.5, 0.6) is 5.75 Å². The summed E-state index contributed by atoms with van der Waals surface area (Å²) >= 11 is 0. The van der Waals surface area contributed by atoms with Crippen molar-refractivity contribution in [3.05, 3.63) is 89.1 Å². The highest BCUT2D eigenvalue weighted by atomic mass is 32.2. The summed E-state index contributed by atoms with van der Waals surface area (Å²) in [7, 11) is -2.53. The zero-order valence-electron chi connectivity index (χ0n) is 25.7. The van der Waals surface area contributed by atoms with Crippen LogP contribution < -0.4 is 14.4 Å². The molecule has 2 N–H and O–H groups in total. The molecule has 9 nitrogen and oxygen atoms in total. The second kappa shape index (κ2) is 12.6. The van der Waals surface area contributed by atoms with Crippen LogP contribution in [0.1, 0.15) is 84.5 Å². The van der Waals surface area contributed by atoms with Crippen LogP contribution >= 0.6 is 0 Å². The Kier molecular flexibility index (Phi) is 8.59. The maximum Gasteiger partial charge on any atom is 0.412 e. The number of fused-ring (bicyclic) bond motifs is 1. The first-order valence-corrected chi connectivity index (χ1v) is 17.1. The maximum absolute atomic E-state index is 13.1. The lowest BCUT2D eigenvalue weighted by Gasteiger charge is -2.26. The van der Waals surface area contributed by atoms with Gasteiger partial charge in [-0.25, -0.2) is 17.9 Å². The number of hydrogen-bond acceptors (Lipinski definition) is 5. The van der Waals surface area contributed by atoms with Gasteiger partial charge in [0, 0.05) is 46.9 Å². The number of carbonyl (C=O) groups excluding carboxylic acids is 1. The van der Waals surface area contributed by atoms with Crippen molar-refractivity contribution in [2.45, 2.75) is 81.7 Å². The molecule has 4 aromatic rings. The van der Waals surface area contributed by atoms with Gasteiger partial charge < -0.3 is 14.4 Å². The summed E-state index contributed by atoms with van der Waals surface area (Å²) in [6, 6.07) is 17.8. The highest BCUT2D eigenvalue weighted by molar-refractivity contribution is 7.90. The number of rotatable bonds is 9. The molecule has 45 heavy (non-hydrogen) atoms. The summed E-state index contributed by atoms with van der Waals surface area (Å²) in [5, 5.41) is 11.2. The third-order valence-corrected chi connectivity index (χ3v) is 10.8. The Bertz CT molecular complexity index is 1850. The number of carboxylic acid groups (broad SMARTS) is 1. The monoisotopic (exact) mass is 629 g/mol. The van der Waals surface area contributed by atoms with Crippen LogP contribution in [0, 0.1) is 6.92 Å². The topological polar surface area (TPSA) is 118 Å². The average molecular weight is 630 g/mol. The summed E-state index contributed by atoms with van der Waals surface area (Å²) in [6.45, 7) is 1.68. The molecule has 0 unspecified atom stereocenters. The van der Waals surface area contributed by atoms with E-state index in [0.29, 0.717) is 29.5 Å². The Morgan fingerprint density at radius 1 is 0.956 bits per heavy atom. The summed E-state index contributed by atoms with van der Waals surface area (Å²) in [4.78, 5) is 27.1. The number of aryl methyl sites for hydroxylation is 1. The van der Waals surface area contributed by atoms with Crippen molar-refractivity contribution in [3.63, 3.8) is 0 Å². The van der Waals surface area contributed by atoms with E-state index < -0.39 is 22.0 Å². The van der Waals surface area contributed by atoms with Gasteiger partial charge in [0.25, 0.3) is 15.9 Å². The summed E-state index contributed by atoms with van der Waals surface area (Å²) in [5.74, 6) is -0.279. The van der Waals surface area contributed by atoms with Crippen molar-refractivity contribution in [3.8, 4) is 5.75 Å². The maximum atomic E-state index is 13.1. The Morgan fingerprint density at radius 2 is 1.67 bits per heavy atom. The zero-order valence-corrected chi connectivity index (χ0v) is 26.5. The number of aromatic nitrogens is 1. The van der Waals surface area contributed by atoms with Crippen molar-refractivity contribution in [2.24, 2.45) is 0 Å². The van der Waals surface area contributed by atoms with Crippen LogP contribution in [-0.2, 0) is 16.4 Å². The first-order chi connectivity index (χ1) is 21.7. The molecule has 6 rings (SSSR count). The van der Waals surface area contributed by atoms with E-state index in [9.17, 15) is 23.1 Å². The van der Waals surface area contributed by atoms with Gasteiger partial charge in [-0.3, -0.25) is 9.69 Å². The molecule has 10 heteroatoms. The molecule has 0 atom stereocenters. The van der Waals surface area contributed by atoms with Gasteiger partial charge >= 0.3 is 6.09 Å². The molecule has 3 aromatic carbocycles. The third-order valence-electron chi connectivity index (χ3n) is 9.33. The van der Waals surface area contributed by atoms with E-state index in [1.54, 1.807) is 43.3 Å². The lowest BCUT2D eigenvalue weighted by atomic mass is 10.0. The smallest absolute Gasteiger partial charge is 0.412 e. The summed E-state index contributed by atoms with van der Waals surface area (Å²) < 4.78 is 36.1. The Labute approximate surface area is 263 Å². The quantitative estimate of drug-likeness (QED) is 0.202. The highest BCUT2D eigenvalue weighted by Crippen LogP contribution is 2.38. The van der Waals surface area contributed by atoms with E-state index in [0.717, 1.165) is 60.6 Å². The van der Waals surface area contributed by atoms with E-state index in [1.165, 1.54) is 30.9 Å². The molecule has 0 saturated heterocycles. The van der Waals surface area contributed by atoms with Crippen molar-refractivity contribution in [1.82, 2.24) is 9.29 Å². The number of hydrogen-bond donors (Lipinski definition) is 2. The molecule has 0 bridgehead atoms. The fourth-order valence-electron chi connectivity index (χ4n) is 7.06. The lowest BCUT2D eigenvalue weighted by Crippen LogP contribution is -2.37. The van der Waals surface area contributed by atoms with Crippen molar-refractivity contribution in [1.29, 1.82) is 0 Å². The third kappa shape index (κ3) is 6.16. The van der Waals surface area contributed by atoms with Crippen LogP contribution in [0.2, 0.25) is 0 Å². The van der Waals surface area contributed by atoms with E-state index >= 15 is 0 Å². The number of nitrogens with zero attached hydrogens (tertiary/aromatic N) is 2. The standard InChI is InChI=1S/C35H39N3O6S/c1-23-9-3-8-14-33(23)45(42,43)36-34(39)25-16-15-24(32(20-25)44-2)19-26-22-37(27-10-4-5-11-27)31-18-17-29(21-30(26)31)38(35(40)41)28-12-6-7-13-28/h3,8-9,14-18,20-22,27-28H,4-7,10-13,19H2,1-2H3,(H,36,39)(H,40,41). The summed E-state index contributed by atoms with van der Waals surface area (Å²) in [5.41, 5.74) is 4.33. The van der Waals surface area contributed by atoms with Crippen LogP contribution in [0.4, 0.5) is 10.5 Å². The fourth-order valence-corrected chi connectivity index (χ4v) is 8.28. The zero-order chi connectivity index (χ0) is 31.7. The Balaban J connectivity index is 1.33. The molecular weight excluding hydrogens is 590 g/mol. The van der Waals surface area contributed by atoms with Gasteiger partial charge in [0.2, 0.25) is 0 Å². The van der Waals surface area contributed by atoms with Crippen LogP contribution in [-0.4, -0.2) is 43.2 Å². The predicted molar refractivity (Wildman–Crippen MR) is 174 cm³/mol. The van der Waals surface area contributed by atoms with Crippen molar-refractivity contribution in [2.75, 3.05) is 12.0 Å². The van der Waals surface area contributed by atoms with Crippen LogP contribution in [0.25, 0.3) is 10.9 Å². The van der Waals surface area contributed by atoms with Gasteiger partial charge in [-0.15, -0.1) is 0 Å². The molecule has 2 saturated carbocycles. The van der Waals surface area contributed by atoms with Gasteiger partial charge in [0.1, 0.15) is 5.75 Å². The molecule has 2 fully saturated rings. The summed E-state index contributed by atoms with van der Waals surface area (Å²) in [6.07, 6.45) is 10.1. The Hall–Kier alpha value is -4.31. The number of sulfonamides is 1. The number of benzene rings is 3. The van der Waals surface area contributed by atoms with Gasteiger partial charge in [-0.05, 0) is 85.7 Å². The van der Waals surface area contributed by atoms with Gasteiger partial charge in [-0.1, -0.05) is 49.9 Å². The number of methoxy groups -OCH3 is 1. The van der Waals surface area contributed by atoms with Gasteiger partial charge in [0.05, 0.1) is 12.0 Å². The molecule has 1 heterocycles. The molecule has 2 aliphatic carbocycles. The van der Waals surface area contributed by atoms with E-state index in [4.69, 9.17) is 4.74 Å². The average Bonchev–Trinajstić information content (AvgIpc) is 3.80. The minimum absolute atomic E-state index is 0.0197. The molecular formula is C35H39N3O6S. The minimum atomic E-state index is -4.06. The second-order valence-electron chi connectivity index (χ2n) is 12.2. The van der Waals surface area contributed by atoms with Crippen LogP contribution in [0.3, 0.4) is 0 Å². The number of ether oxygens (including phenoxy) is 1. The predicted octanol–water partition coefficient (Wildman–Crippen LogP) is 7.21. The molecule has 236 valence electrons. The largest absolute Gasteiger partial charge is 0.496 e. The lowest BCUT2D eigenvalue weighted by molar-refractivity contribution is 0.0981. The number of carbonyl (C=O) groups is 2. The molecule has 1 aromatic heterocycles. The molecule has 0 radical (unpaired) electrons. The number of amides is 2. The Morgan fingerprint density at radius 3 is 2.36 bits per heavy atom. The molecule has 2 aliphatic rings. The van der Waals surface area contributed by atoms with Crippen molar-refractivity contribution < 1.29 is 27.9 Å². The fraction of sp³-hybridized carbons (Fsp3) is 0.371. The number of anilines is 1. The normalized spacial score (nSPS) is 15.9. The molecule has 0 spiro atoms. The number of nitrogens with one attached hydrogen (secondary N) is 1. The highest BCUT2D eigenvalue weighted by Gasteiger charge is 2.29. The molecule has 0 aliphatic heterocycles. The first-order valence-electron chi connectivity index (χ1n) is 15.6. The van der Waals surface area contributed by atoms with Crippen LogP contribution in [0.15, 0.2) is 71.8 Å². The SMILES string of the molecule is COc1cc(C(=O)NS(=O)(=O)c2ccccc2C)ccc1Cc1cn(C2CCCC2)c2ccc(N(C(=O)O)C3CCCC3)cc12. The van der Waals surface area contributed by atoms with Gasteiger partial charge in [-0.2, -0.15) is 0 Å². The van der Waals surface area contributed by atoms with E-state index in [2.05, 4.69) is 21.6 Å². The first kappa shape index (κ1) is 30.7. The second-order valence-corrected chi connectivity index (χ2v) is 13.8.